The molecular formula is C9H16ClNO. The summed E-state index contributed by atoms with van der Waals surface area (Å²) in [7, 11) is 0. The van der Waals surface area contributed by atoms with Gasteiger partial charge in [0, 0.05) is 13.1 Å². The first-order valence-corrected chi connectivity index (χ1v) is 5.02. The Hall–Kier alpha value is -0.240. The number of hydrogen-bond donors (Lipinski definition) is 0. The standard InChI is InChI=1S/C9H16ClNO/c1-7-3-4-11(6-8(7)2)9(12)5-10/h7-8H,3-6H2,1-2H3. The second kappa shape index (κ2) is 4.13. The molecule has 2 atom stereocenters. The van der Waals surface area contributed by atoms with Gasteiger partial charge in [0.25, 0.3) is 0 Å². The van der Waals surface area contributed by atoms with Gasteiger partial charge in [-0.05, 0) is 18.3 Å². The fraction of sp³-hybridized carbons (Fsp3) is 0.889. The normalized spacial score (nSPS) is 30.4. The Morgan fingerprint density at radius 2 is 2.17 bits per heavy atom. The second-order valence-electron chi connectivity index (χ2n) is 3.72. The maximum atomic E-state index is 11.2. The maximum Gasteiger partial charge on any atom is 0.237 e. The molecule has 1 amide bonds. The lowest BCUT2D eigenvalue weighted by Gasteiger charge is -2.34. The summed E-state index contributed by atoms with van der Waals surface area (Å²) in [4.78, 5) is 13.1. The van der Waals surface area contributed by atoms with Gasteiger partial charge in [-0.3, -0.25) is 4.79 Å². The molecule has 1 fully saturated rings. The average molecular weight is 190 g/mol. The summed E-state index contributed by atoms with van der Waals surface area (Å²) < 4.78 is 0. The minimum absolute atomic E-state index is 0.0791. The molecule has 0 N–H and O–H groups in total. The van der Waals surface area contributed by atoms with Crippen LogP contribution in [0.2, 0.25) is 0 Å². The summed E-state index contributed by atoms with van der Waals surface area (Å²) in [6, 6.07) is 0. The largest absolute Gasteiger partial charge is 0.341 e. The Morgan fingerprint density at radius 3 is 2.67 bits per heavy atom. The van der Waals surface area contributed by atoms with Crippen LogP contribution in [0.25, 0.3) is 0 Å². The minimum Gasteiger partial charge on any atom is -0.341 e. The highest BCUT2D eigenvalue weighted by Gasteiger charge is 2.24. The molecule has 0 saturated carbocycles. The lowest BCUT2D eigenvalue weighted by molar-refractivity contribution is -0.130. The van der Waals surface area contributed by atoms with Crippen LogP contribution in [-0.4, -0.2) is 29.8 Å². The molecule has 1 heterocycles. The summed E-state index contributed by atoms with van der Waals surface area (Å²) in [5, 5.41) is 0. The van der Waals surface area contributed by atoms with E-state index in [1.807, 2.05) is 4.90 Å². The van der Waals surface area contributed by atoms with E-state index in [4.69, 9.17) is 11.6 Å². The molecular weight excluding hydrogens is 174 g/mol. The summed E-state index contributed by atoms with van der Waals surface area (Å²) in [6.45, 7) is 6.20. The molecule has 12 heavy (non-hydrogen) atoms. The number of amides is 1. The fourth-order valence-corrected chi connectivity index (χ4v) is 1.74. The van der Waals surface area contributed by atoms with E-state index in [1.54, 1.807) is 0 Å². The van der Waals surface area contributed by atoms with Gasteiger partial charge >= 0.3 is 0 Å². The van der Waals surface area contributed by atoms with Crippen molar-refractivity contribution in [3.8, 4) is 0 Å². The van der Waals surface area contributed by atoms with E-state index in [2.05, 4.69) is 13.8 Å². The van der Waals surface area contributed by atoms with Crippen molar-refractivity contribution in [2.75, 3.05) is 19.0 Å². The van der Waals surface area contributed by atoms with Crippen molar-refractivity contribution in [1.82, 2.24) is 4.90 Å². The van der Waals surface area contributed by atoms with Crippen LogP contribution in [-0.2, 0) is 4.79 Å². The van der Waals surface area contributed by atoms with Gasteiger partial charge < -0.3 is 4.90 Å². The predicted molar refractivity (Wildman–Crippen MR) is 50.2 cm³/mol. The quantitative estimate of drug-likeness (QED) is 0.576. The zero-order chi connectivity index (χ0) is 9.14. The molecule has 0 aromatic carbocycles. The van der Waals surface area contributed by atoms with Crippen molar-refractivity contribution in [3.63, 3.8) is 0 Å². The molecule has 0 aliphatic carbocycles. The second-order valence-corrected chi connectivity index (χ2v) is 3.98. The molecule has 70 valence electrons. The molecule has 1 aliphatic heterocycles. The van der Waals surface area contributed by atoms with Crippen LogP contribution in [0.5, 0.6) is 0 Å². The summed E-state index contributed by atoms with van der Waals surface area (Å²) >= 11 is 5.48. The number of rotatable bonds is 1. The summed E-state index contributed by atoms with van der Waals surface area (Å²) in [6.07, 6.45) is 1.11. The van der Waals surface area contributed by atoms with Crippen LogP contribution in [0.3, 0.4) is 0 Å². The van der Waals surface area contributed by atoms with Crippen LogP contribution < -0.4 is 0 Å². The average Bonchev–Trinajstić information content (AvgIpc) is 2.08. The number of likely N-dealkylation sites (tertiary alicyclic amines) is 1. The van der Waals surface area contributed by atoms with Gasteiger partial charge in [-0.15, -0.1) is 11.6 Å². The lowest BCUT2D eigenvalue weighted by atomic mass is 9.89. The number of nitrogens with zero attached hydrogens (tertiary/aromatic N) is 1. The highest BCUT2D eigenvalue weighted by Crippen LogP contribution is 2.22. The molecule has 1 rings (SSSR count). The van der Waals surface area contributed by atoms with E-state index >= 15 is 0 Å². The monoisotopic (exact) mass is 189 g/mol. The number of carbonyl (C=O) groups is 1. The van der Waals surface area contributed by atoms with Crippen LogP contribution >= 0.6 is 11.6 Å². The Labute approximate surface area is 78.9 Å². The van der Waals surface area contributed by atoms with E-state index in [9.17, 15) is 4.79 Å². The molecule has 2 nitrogen and oxygen atoms in total. The highest BCUT2D eigenvalue weighted by molar-refractivity contribution is 6.27. The predicted octanol–water partition coefficient (Wildman–Crippen LogP) is 1.73. The van der Waals surface area contributed by atoms with Crippen LogP contribution in [0.4, 0.5) is 0 Å². The molecule has 0 radical (unpaired) electrons. The van der Waals surface area contributed by atoms with Crippen molar-refractivity contribution in [2.24, 2.45) is 11.8 Å². The summed E-state index contributed by atoms with van der Waals surface area (Å²) in [5.74, 6) is 1.56. The van der Waals surface area contributed by atoms with Gasteiger partial charge in [0.2, 0.25) is 5.91 Å². The first-order chi connectivity index (χ1) is 5.65. The minimum atomic E-state index is 0.0791. The third-order valence-electron chi connectivity index (χ3n) is 2.80. The zero-order valence-corrected chi connectivity index (χ0v) is 8.47. The molecule has 0 bridgehead atoms. The lowest BCUT2D eigenvalue weighted by Crippen LogP contribution is -2.42. The van der Waals surface area contributed by atoms with Crippen molar-refractivity contribution in [1.29, 1.82) is 0 Å². The van der Waals surface area contributed by atoms with Crippen LogP contribution in [0.15, 0.2) is 0 Å². The van der Waals surface area contributed by atoms with Gasteiger partial charge in [-0.2, -0.15) is 0 Å². The van der Waals surface area contributed by atoms with Gasteiger partial charge in [0.05, 0.1) is 0 Å². The van der Waals surface area contributed by atoms with Crippen LogP contribution in [0, 0.1) is 11.8 Å². The third kappa shape index (κ3) is 2.13. The Balaban J connectivity index is 2.45. The van der Waals surface area contributed by atoms with Gasteiger partial charge in [-0.25, -0.2) is 0 Å². The molecule has 1 aliphatic rings. The van der Waals surface area contributed by atoms with Crippen LogP contribution in [0.1, 0.15) is 20.3 Å². The van der Waals surface area contributed by atoms with Gasteiger partial charge in [0.1, 0.15) is 5.88 Å². The molecule has 0 aromatic heterocycles. The Morgan fingerprint density at radius 1 is 1.50 bits per heavy atom. The molecule has 2 unspecified atom stereocenters. The van der Waals surface area contributed by atoms with E-state index in [0.29, 0.717) is 5.92 Å². The Kier molecular flexibility index (Phi) is 3.39. The smallest absolute Gasteiger partial charge is 0.237 e. The number of hydrogen-bond acceptors (Lipinski definition) is 1. The van der Waals surface area contributed by atoms with Crippen molar-refractivity contribution >= 4 is 17.5 Å². The first kappa shape index (κ1) is 9.85. The molecule has 0 aromatic rings. The SMILES string of the molecule is CC1CCN(C(=O)CCl)CC1C. The van der Waals surface area contributed by atoms with E-state index in [1.165, 1.54) is 0 Å². The van der Waals surface area contributed by atoms with Gasteiger partial charge in [-0.1, -0.05) is 13.8 Å². The highest BCUT2D eigenvalue weighted by atomic mass is 35.5. The topological polar surface area (TPSA) is 20.3 Å². The van der Waals surface area contributed by atoms with Crippen molar-refractivity contribution < 1.29 is 4.79 Å². The first-order valence-electron chi connectivity index (χ1n) is 4.49. The zero-order valence-electron chi connectivity index (χ0n) is 7.72. The maximum absolute atomic E-state index is 11.2. The summed E-state index contributed by atoms with van der Waals surface area (Å²) in [5.41, 5.74) is 0. The van der Waals surface area contributed by atoms with Gasteiger partial charge in [0.15, 0.2) is 0 Å². The number of halogens is 1. The number of carbonyl (C=O) groups excluding carboxylic acids is 1. The van der Waals surface area contributed by atoms with Crippen molar-refractivity contribution in [2.45, 2.75) is 20.3 Å². The van der Waals surface area contributed by atoms with E-state index in [0.717, 1.165) is 25.4 Å². The van der Waals surface area contributed by atoms with E-state index < -0.39 is 0 Å². The van der Waals surface area contributed by atoms with E-state index in [-0.39, 0.29) is 11.8 Å². The third-order valence-corrected chi connectivity index (χ3v) is 3.03. The number of piperidine rings is 1. The fourth-order valence-electron chi connectivity index (χ4n) is 1.57. The molecule has 3 heteroatoms. The Bertz CT molecular complexity index is 172. The molecule has 1 saturated heterocycles. The molecule has 0 spiro atoms. The van der Waals surface area contributed by atoms with Crippen molar-refractivity contribution in [3.05, 3.63) is 0 Å². The number of alkyl halides is 1.